The van der Waals surface area contributed by atoms with Crippen molar-refractivity contribution < 1.29 is 9.53 Å². The van der Waals surface area contributed by atoms with Gasteiger partial charge in [0.25, 0.3) is 0 Å². The number of benzene rings is 1. The SMILES string of the molecule is CCc1ccc(OC)c(N(C)C(=O)CNC(C)C)c1. The highest BCUT2D eigenvalue weighted by molar-refractivity contribution is 5.95. The maximum Gasteiger partial charge on any atom is 0.240 e. The Bertz CT molecular complexity index is 430. The van der Waals surface area contributed by atoms with Crippen LogP contribution in [0.1, 0.15) is 26.3 Å². The number of nitrogens with one attached hydrogen (secondary N) is 1. The molecule has 4 nitrogen and oxygen atoms in total. The summed E-state index contributed by atoms with van der Waals surface area (Å²) >= 11 is 0. The van der Waals surface area contributed by atoms with Crippen molar-refractivity contribution in [2.24, 2.45) is 0 Å². The van der Waals surface area contributed by atoms with Gasteiger partial charge in [0.05, 0.1) is 19.3 Å². The van der Waals surface area contributed by atoms with E-state index in [0.29, 0.717) is 12.6 Å². The molecule has 0 fully saturated rings. The number of amides is 1. The first-order valence-corrected chi connectivity index (χ1v) is 6.66. The van der Waals surface area contributed by atoms with Crippen molar-refractivity contribution in [3.05, 3.63) is 23.8 Å². The van der Waals surface area contributed by atoms with E-state index in [-0.39, 0.29) is 5.91 Å². The highest BCUT2D eigenvalue weighted by atomic mass is 16.5. The third-order valence-electron chi connectivity index (χ3n) is 3.05. The van der Waals surface area contributed by atoms with E-state index in [1.54, 1.807) is 19.1 Å². The van der Waals surface area contributed by atoms with Crippen molar-refractivity contribution in [2.45, 2.75) is 33.2 Å². The molecule has 0 aliphatic rings. The van der Waals surface area contributed by atoms with E-state index < -0.39 is 0 Å². The summed E-state index contributed by atoms with van der Waals surface area (Å²) in [6.07, 6.45) is 0.934. The minimum absolute atomic E-state index is 0.0280. The molecule has 4 heteroatoms. The highest BCUT2D eigenvalue weighted by Crippen LogP contribution is 2.28. The molecule has 0 aliphatic carbocycles. The predicted molar refractivity (Wildman–Crippen MR) is 78.9 cm³/mol. The quantitative estimate of drug-likeness (QED) is 0.856. The molecule has 0 aromatic heterocycles. The standard InChI is InChI=1S/C15H24N2O2/c1-6-12-7-8-14(19-5)13(9-12)17(4)15(18)10-16-11(2)3/h7-9,11,16H,6,10H2,1-5H3. The lowest BCUT2D eigenvalue weighted by molar-refractivity contribution is -0.117. The summed E-state index contributed by atoms with van der Waals surface area (Å²) in [6, 6.07) is 6.23. The molecule has 0 atom stereocenters. The first-order chi connectivity index (χ1) is 8.99. The van der Waals surface area contributed by atoms with E-state index in [9.17, 15) is 4.79 Å². The van der Waals surface area contributed by atoms with E-state index >= 15 is 0 Å². The first-order valence-electron chi connectivity index (χ1n) is 6.66. The van der Waals surface area contributed by atoms with Gasteiger partial charge in [-0.05, 0) is 24.1 Å². The van der Waals surface area contributed by atoms with Crippen molar-refractivity contribution in [3.8, 4) is 5.75 Å². The van der Waals surface area contributed by atoms with Gasteiger partial charge in [-0.15, -0.1) is 0 Å². The molecule has 0 bridgehead atoms. The summed E-state index contributed by atoms with van der Waals surface area (Å²) < 4.78 is 5.33. The van der Waals surface area contributed by atoms with Gasteiger partial charge in [0, 0.05) is 13.1 Å². The van der Waals surface area contributed by atoms with Crippen LogP contribution in [0.5, 0.6) is 5.75 Å². The third kappa shape index (κ3) is 4.24. The van der Waals surface area contributed by atoms with Crippen LogP contribution in [0.2, 0.25) is 0 Å². The molecule has 106 valence electrons. The van der Waals surface area contributed by atoms with Crippen LogP contribution in [0.3, 0.4) is 0 Å². The predicted octanol–water partition coefficient (Wildman–Crippen LogP) is 2.22. The van der Waals surface area contributed by atoms with Crippen molar-refractivity contribution in [1.82, 2.24) is 5.32 Å². The van der Waals surface area contributed by atoms with Crippen LogP contribution in [0, 0.1) is 0 Å². The molecule has 0 saturated carbocycles. The second-order valence-electron chi connectivity index (χ2n) is 4.85. The molecule has 0 saturated heterocycles. The van der Waals surface area contributed by atoms with Gasteiger partial charge in [-0.2, -0.15) is 0 Å². The second-order valence-corrected chi connectivity index (χ2v) is 4.85. The number of carbonyl (C=O) groups is 1. The fraction of sp³-hybridized carbons (Fsp3) is 0.533. The number of methoxy groups -OCH3 is 1. The summed E-state index contributed by atoms with van der Waals surface area (Å²) in [4.78, 5) is 13.8. The van der Waals surface area contributed by atoms with E-state index in [0.717, 1.165) is 17.9 Å². The number of nitrogens with zero attached hydrogens (tertiary/aromatic N) is 1. The fourth-order valence-electron chi connectivity index (χ4n) is 1.76. The van der Waals surface area contributed by atoms with Crippen molar-refractivity contribution >= 4 is 11.6 Å². The summed E-state index contributed by atoms with van der Waals surface area (Å²) in [6.45, 7) is 6.46. The summed E-state index contributed by atoms with van der Waals surface area (Å²) in [5, 5.41) is 3.13. The topological polar surface area (TPSA) is 41.6 Å². The number of likely N-dealkylation sites (N-methyl/N-ethyl adjacent to an activating group) is 1. The van der Waals surface area contributed by atoms with Crippen molar-refractivity contribution in [3.63, 3.8) is 0 Å². The van der Waals surface area contributed by atoms with Gasteiger partial charge in [-0.1, -0.05) is 26.8 Å². The zero-order valence-electron chi connectivity index (χ0n) is 12.5. The molecule has 0 spiro atoms. The van der Waals surface area contributed by atoms with Gasteiger partial charge in [-0.3, -0.25) is 4.79 Å². The van der Waals surface area contributed by atoms with Crippen molar-refractivity contribution in [2.75, 3.05) is 25.6 Å². The minimum atomic E-state index is 0.0280. The Hall–Kier alpha value is -1.55. The summed E-state index contributed by atoms with van der Waals surface area (Å²) in [7, 11) is 3.40. The minimum Gasteiger partial charge on any atom is -0.495 e. The molecule has 0 unspecified atom stereocenters. The van der Waals surface area contributed by atoms with Gasteiger partial charge in [0.15, 0.2) is 0 Å². The lowest BCUT2D eigenvalue weighted by Crippen LogP contribution is -2.38. The smallest absolute Gasteiger partial charge is 0.240 e. The van der Waals surface area contributed by atoms with Crippen LogP contribution in [0.4, 0.5) is 5.69 Å². The van der Waals surface area contributed by atoms with E-state index in [1.807, 2.05) is 32.0 Å². The Labute approximate surface area is 115 Å². The van der Waals surface area contributed by atoms with Gasteiger partial charge in [0.1, 0.15) is 5.75 Å². The number of aryl methyl sites for hydroxylation is 1. The monoisotopic (exact) mass is 264 g/mol. The molecule has 0 heterocycles. The number of anilines is 1. The molecule has 1 N–H and O–H groups in total. The Kier molecular flexibility index (Phi) is 5.83. The lowest BCUT2D eigenvalue weighted by atomic mass is 10.1. The maximum absolute atomic E-state index is 12.1. The highest BCUT2D eigenvalue weighted by Gasteiger charge is 2.15. The molecular formula is C15H24N2O2. The van der Waals surface area contributed by atoms with Gasteiger partial charge in [-0.25, -0.2) is 0 Å². The molecule has 0 radical (unpaired) electrons. The van der Waals surface area contributed by atoms with Crippen LogP contribution >= 0.6 is 0 Å². The van der Waals surface area contributed by atoms with E-state index in [4.69, 9.17) is 4.74 Å². The van der Waals surface area contributed by atoms with Crippen LogP contribution in [-0.2, 0) is 11.2 Å². The molecule has 19 heavy (non-hydrogen) atoms. The molecule has 1 aromatic carbocycles. The second kappa shape index (κ2) is 7.14. The molecule has 1 aromatic rings. The Balaban J connectivity index is 2.90. The molecule has 0 aliphatic heterocycles. The fourth-order valence-corrected chi connectivity index (χ4v) is 1.76. The van der Waals surface area contributed by atoms with E-state index in [1.165, 1.54) is 5.56 Å². The Morgan fingerprint density at radius 2 is 2.11 bits per heavy atom. The number of hydrogen-bond donors (Lipinski definition) is 1. The average Bonchev–Trinajstić information content (AvgIpc) is 2.42. The van der Waals surface area contributed by atoms with Crippen LogP contribution in [-0.4, -0.2) is 32.7 Å². The van der Waals surface area contributed by atoms with Crippen LogP contribution < -0.4 is 15.0 Å². The zero-order chi connectivity index (χ0) is 14.4. The Morgan fingerprint density at radius 3 is 2.63 bits per heavy atom. The van der Waals surface area contributed by atoms with Gasteiger partial charge in [0.2, 0.25) is 5.91 Å². The van der Waals surface area contributed by atoms with Crippen molar-refractivity contribution in [1.29, 1.82) is 0 Å². The van der Waals surface area contributed by atoms with E-state index in [2.05, 4.69) is 12.2 Å². The molecule has 1 amide bonds. The third-order valence-corrected chi connectivity index (χ3v) is 3.05. The summed E-state index contributed by atoms with van der Waals surface area (Å²) in [5.74, 6) is 0.748. The first kappa shape index (κ1) is 15.5. The van der Waals surface area contributed by atoms with Gasteiger partial charge >= 0.3 is 0 Å². The van der Waals surface area contributed by atoms with Gasteiger partial charge < -0.3 is 15.0 Å². The molecular weight excluding hydrogens is 240 g/mol. The maximum atomic E-state index is 12.1. The summed E-state index contributed by atoms with van der Waals surface area (Å²) in [5.41, 5.74) is 2.00. The average molecular weight is 264 g/mol. The Morgan fingerprint density at radius 1 is 1.42 bits per heavy atom. The zero-order valence-corrected chi connectivity index (χ0v) is 12.5. The largest absolute Gasteiger partial charge is 0.495 e. The number of carbonyl (C=O) groups excluding carboxylic acids is 1. The molecule has 1 rings (SSSR count). The van der Waals surface area contributed by atoms with Crippen LogP contribution in [0.15, 0.2) is 18.2 Å². The number of hydrogen-bond acceptors (Lipinski definition) is 3. The lowest BCUT2D eigenvalue weighted by Gasteiger charge is -2.21. The number of ether oxygens (including phenoxy) is 1. The number of rotatable bonds is 6. The van der Waals surface area contributed by atoms with Crippen LogP contribution in [0.25, 0.3) is 0 Å². The normalized spacial score (nSPS) is 10.6.